The number of fused-ring (bicyclic) bond motifs is 14. The molecule has 1 aromatic carbocycles. The van der Waals surface area contributed by atoms with E-state index in [1.807, 2.05) is 13.8 Å². The van der Waals surface area contributed by atoms with Crippen LogP contribution >= 0.6 is 68.0 Å². The molecule has 8 heterocycles. The minimum absolute atomic E-state index is 0.00117. The first kappa shape index (κ1) is 57.6. The number of ether oxygens (including phenoxy) is 1. The summed E-state index contributed by atoms with van der Waals surface area (Å²) in [5.74, 6) is -5.83. The zero-order valence-corrected chi connectivity index (χ0v) is 49.1. The minimum atomic E-state index is -1.28. The van der Waals surface area contributed by atoms with E-state index in [9.17, 15) is 43.8 Å². The molecule has 8 aromatic rings. The van der Waals surface area contributed by atoms with Crippen molar-refractivity contribution in [3.05, 3.63) is 111 Å². The van der Waals surface area contributed by atoms with Gasteiger partial charge in [0.1, 0.15) is 82.2 Å². The number of hydrogen-bond acceptors (Lipinski definition) is 22. The number of carboxylic acid groups (broad SMARTS) is 1. The summed E-state index contributed by atoms with van der Waals surface area (Å²) in [6.07, 6.45) is -0.641. The lowest BCUT2D eigenvalue weighted by molar-refractivity contribution is -0.151. The molecule has 1 aliphatic carbocycles. The van der Waals surface area contributed by atoms with Crippen LogP contribution in [-0.4, -0.2) is 107 Å². The van der Waals surface area contributed by atoms with Gasteiger partial charge in [0.15, 0.2) is 0 Å². The number of nitrogens with one attached hydrogen (secondary N) is 6. The Bertz CT molecular complexity index is 3740. The molecule has 1 saturated carbocycles. The monoisotopic (exact) mass is 1220 g/mol. The lowest BCUT2D eigenvalue weighted by Crippen LogP contribution is -2.41. The van der Waals surface area contributed by atoms with Crippen molar-refractivity contribution < 1.29 is 48.5 Å². The van der Waals surface area contributed by atoms with Crippen LogP contribution in [0.4, 0.5) is 5.82 Å². The SMILES string of the molecule is CNC(=O)C[C@@H]1NC(=O)c2csc(n2)-c2ccc(-c3nc(NC(=O)C4CC[C@H]4C(=O)O)cs3)nc2-c2csc(n2)-c2csc(n2)[C@H]([C@@H](O)c2ccccc2)NC(=O)CNC(=O)c2nc(sc2COC)[C@H](C(C)C)NC(=O)c2nc1sc2C. The summed E-state index contributed by atoms with van der Waals surface area (Å²) in [5, 5.41) is 47.3. The van der Waals surface area contributed by atoms with Gasteiger partial charge in [0.2, 0.25) is 17.7 Å². The Balaban J connectivity index is 1.04. The van der Waals surface area contributed by atoms with Crippen molar-refractivity contribution in [3.63, 3.8) is 0 Å². The first-order valence-corrected chi connectivity index (χ1v) is 30.6. The van der Waals surface area contributed by atoms with Crippen molar-refractivity contribution in [2.75, 3.05) is 26.0 Å². The minimum Gasteiger partial charge on any atom is -0.481 e. The maximum atomic E-state index is 14.3. The molecule has 0 spiro atoms. The summed E-state index contributed by atoms with van der Waals surface area (Å²) < 4.78 is 5.44. The number of rotatable bonds is 11. The number of aliphatic hydroxyl groups is 1. The van der Waals surface area contributed by atoms with Crippen molar-refractivity contribution in [2.45, 2.75) is 70.9 Å². The van der Waals surface area contributed by atoms with Crippen molar-refractivity contribution >= 4 is 115 Å². The van der Waals surface area contributed by atoms with Gasteiger partial charge >= 0.3 is 5.97 Å². The predicted molar refractivity (Wildman–Crippen MR) is 309 cm³/mol. The van der Waals surface area contributed by atoms with Crippen LogP contribution in [0.2, 0.25) is 0 Å². The van der Waals surface area contributed by atoms with Crippen molar-refractivity contribution in [1.82, 2.24) is 61.5 Å². The van der Waals surface area contributed by atoms with Crippen LogP contribution in [0.1, 0.15) is 119 Å². The van der Waals surface area contributed by atoms with Crippen LogP contribution < -0.4 is 31.9 Å². The number of aliphatic carboxylic acids is 1. The standard InChI is InChI=1S/C53H51N13O10S6/c1-22(2)37-52-66-40(33(82-52)17-76-5)45(72)55-16-36(68)63-41(42(69)24-9-7-6-8-10-24)51-60-32(20-79-51)49-58-30(18-78-49)39-27(13-14-28(56-39)48-62-34(21-80-48)61-43(70)25-11-12-26(25)53(74)75)47-59-31(19-77-47)44(71)57-29(15-35(67)54-4)50-65-38(23(3)81-50)46(73)64-37/h6-10,13-14,18-22,25-26,29,37,41-42,69H,11-12,15-17H2,1-5H3,(H,54,67)(H,55,72)(H,57,71)(H,61,70)(H,63,68)(H,64,73)(H,74,75)/t25?,26-,29+,37+,41+,42+/m1/s1. The van der Waals surface area contributed by atoms with E-state index in [1.54, 1.807) is 70.9 Å². The number of thiazole rings is 6. The van der Waals surface area contributed by atoms with Crippen LogP contribution in [-0.2, 0) is 30.5 Å². The summed E-state index contributed by atoms with van der Waals surface area (Å²) in [7, 11) is 2.93. The van der Waals surface area contributed by atoms with Gasteiger partial charge in [-0.2, -0.15) is 0 Å². The normalized spacial score (nSPS) is 19.0. The third-order valence-corrected chi connectivity index (χ3v) is 19.2. The Morgan fingerprint density at radius 3 is 2.13 bits per heavy atom. The number of carbonyl (C=O) groups is 7. The number of benzene rings is 1. The number of carboxylic acids is 1. The average molecular weight is 1220 g/mol. The Morgan fingerprint density at radius 2 is 1.40 bits per heavy atom. The summed E-state index contributed by atoms with van der Waals surface area (Å²) in [5.41, 5.74) is 2.60. The van der Waals surface area contributed by atoms with Gasteiger partial charge in [0.05, 0.1) is 54.1 Å². The summed E-state index contributed by atoms with van der Waals surface area (Å²) >= 11 is 7.11. The highest BCUT2D eigenvalue weighted by Gasteiger charge is 2.42. The molecule has 8 N–H and O–H groups in total. The topological polar surface area (TPSA) is 332 Å². The molecule has 2 aliphatic rings. The van der Waals surface area contributed by atoms with Gasteiger partial charge in [-0.15, -0.1) is 68.0 Å². The van der Waals surface area contributed by atoms with Gasteiger partial charge in [0, 0.05) is 46.1 Å². The lowest BCUT2D eigenvalue weighted by atomic mass is 9.73. The van der Waals surface area contributed by atoms with Gasteiger partial charge in [-0.25, -0.2) is 34.9 Å². The summed E-state index contributed by atoms with van der Waals surface area (Å²) in [6.45, 7) is 4.94. The maximum absolute atomic E-state index is 14.3. The Hall–Kier alpha value is -7.64. The van der Waals surface area contributed by atoms with Crippen molar-refractivity contribution in [2.24, 2.45) is 17.8 Å². The molecule has 6 atom stereocenters. The third-order valence-electron chi connectivity index (χ3n) is 13.4. The van der Waals surface area contributed by atoms with E-state index in [2.05, 4.69) is 46.9 Å². The van der Waals surface area contributed by atoms with Crippen molar-refractivity contribution in [1.29, 1.82) is 0 Å². The van der Waals surface area contributed by atoms with Gasteiger partial charge in [0.25, 0.3) is 17.7 Å². The number of anilines is 1. The Morgan fingerprint density at radius 1 is 0.695 bits per heavy atom. The van der Waals surface area contributed by atoms with E-state index in [-0.39, 0.29) is 46.9 Å². The second-order valence-corrected chi connectivity index (χ2v) is 25.1. The molecule has 1 fully saturated rings. The molecule has 0 radical (unpaired) electrons. The molecular formula is C53H51N13O10S6. The molecule has 23 nitrogen and oxygen atoms in total. The highest BCUT2D eigenvalue weighted by atomic mass is 32.1. The van der Waals surface area contributed by atoms with Crippen LogP contribution in [0.3, 0.4) is 0 Å². The summed E-state index contributed by atoms with van der Waals surface area (Å²) in [6, 6.07) is 9.41. The van der Waals surface area contributed by atoms with E-state index in [1.165, 1.54) is 59.5 Å². The fourth-order valence-corrected chi connectivity index (χ4v) is 14.5. The van der Waals surface area contributed by atoms with Gasteiger partial charge < -0.3 is 46.9 Å². The van der Waals surface area contributed by atoms with E-state index in [0.29, 0.717) is 81.5 Å². The predicted octanol–water partition coefficient (Wildman–Crippen LogP) is 7.36. The van der Waals surface area contributed by atoms with Crippen molar-refractivity contribution in [3.8, 4) is 43.4 Å². The largest absolute Gasteiger partial charge is 0.481 e. The molecule has 29 heteroatoms. The quantitative estimate of drug-likeness (QED) is 0.0627. The average Bonchev–Trinajstić information content (AvgIpc) is 4.45. The molecule has 10 rings (SSSR count). The van der Waals surface area contributed by atoms with E-state index in [4.69, 9.17) is 24.7 Å². The van der Waals surface area contributed by atoms with E-state index < -0.39 is 84.0 Å². The number of aryl methyl sites for hydroxylation is 1. The van der Waals surface area contributed by atoms with Gasteiger partial charge in [-0.3, -0.25) is 33.6 Å². The molecule has 82 heavy (non-hydrogen) atoms. The fraction of sp³-hybridized carbons (Fsp3) is 0.321. The molecule has 0 saturated heterocycles. The molecule has 10 bridgehead atoms. The van der Waals surface area contributed by atoms with Crippen LogP contribution in [0.25, 0.3) is 43.4 Å². The molecule has 1 aliphatic heterocycles. The third kappa shape index (κ3) is 12.4. The molecule has 6 amide bonds. The second kappa shape index (κ2) is 24.8. The smallest absolute Gasteiger partial charge is 0.307 e. The highest BCUT2D eigenvalue weighted by Crippen LogP contribution is 2.41. The molecule has 1 unspecified atom stereocenters. The zero-order valence-electron chi connectivity index (χ0n) is 44.2. The maximum Gasteiger partial charge on any atom is 0.307 e. The van der Waals surface area contributed by atoms with Gasteiger partial charge in [-0.05, 0) is 43.4 Å². The van der Waals surface area contributed by atoms with E-state index in [0.717, 1.165) is 22.7 Å². The summed E-state index contributed by atoms with van der Waals surface area (Å²) in [4.78, 5) is 129. The molecule has 7 aromatic heterocycles. The lowest BCUT2D eigenvalue weighted by Gasteiger charge is -2.31. The number of methoxy groups -OCH3 is 1. The van der Waals surface area contributed by atoms with E-state index >= 15 is 0 Å². The second-order valence-electron chi connectivity index (χ2n) is 19.3. The fourth-order valence-electron chi connectivity index (χ4n) is 8.97. The number of hydrogen-bond donors (Lipinski definition) is 8. The Labute approximate surface area is 491 Å². The number of aromatic nitrogens is 7. The molecular weight excluding hydrogens is 1170 g/mol. The molecule has 424 valence electrons. The van der Waals surface area contributed by atoms with Crippen LogP contribution in [0, 0.1) is 24.7 Å². The highest BCUT2D eigenvalue weighted by molar-refractivity contribution is 7.15. The number of amides is 6. The van der Waals surface area contributed by atoms with Crippen LogP contribution in [0.15, 0.2) is 64.0 Å². The zero-order chi connectivity index (χ0) is 57.9. The number of aliphatic hydroxyl groups excluding tert-OH is 1. The number of nitrogens with zero attached hydrogens (tertiary/aromatic N) is 7. The first-order chi connectivity index (χ1) is 39.5. The number of carbonyl (C=O) groups excluding carboxylic acids is 6. The first-order valence-electron chi connectivity index (χ1n) is 25.4. The Kier molecular flexibility index (Phi) is 17.4. The number of pyridine rings is 1. The van der Waals surface area contributed by atoms with Crippen LogP contribution in [0.5, 0.6) is 0 Å². The van der Waals surface area contributed by atoms with Gasteiger partial charge in [-0.1, -0.05) is 44.2 Å².